The van der Waals surface area contributed by atoms with Gasteiger partial charge >= 0.3 is 0 Å². The number of hydrogen-bond donors (Lipinski definition) is 0. The Kier molecular flexibility index (Phi) is 5.24. The van der Waals surface area contributed by atoms with Gasteiger partial charge in [0.1, 0.15) is 16.9 Å². The van der Waals surface area contributed by atoms with E-state index in [2.05, 4.69) is 4.98 Å². The molecule has 3 aromatic carbocycles. The summed E-state index contributed by atoms with van der Waals surface area (Å²) < 4.78 is 17.9. The second-order valence-corrected chi connectivity index (χ2v) is 8.59. The van der Waals surface area contributed by atoms with E-state index < -0.39 is 5.82 Å². The van der Waals surface area contributed by atoms with Crippen LogP contribution in [0.4, 0.5) is 4.39 Å². The molecule has 32 heavy (non-hydrogen) atoms. The highest BCUT2D eigenvalue weighted by molar-refractivity contribution is 6.31. The SMILES string of the molecule is Cc1ccc2c(c1)c1ncn(Cc3ccccc3Cl)c(=O)c1n2Cc1c(F)cccc1Cl. The normalized spacial score (nSPS) is 11.5. The summed E-state index contributed by atoms with van der Waals surface area (Å²) in [6, 6.07) is 17.8. The van der Waals surface area contributed by atoms with Crippen LogP contribution in [0.1, 0.15) is 16.7 Å². The third-order valence-corrected chi connectivity index (χ3v) is 6.38. The topological polar surface area (TPSA) is 39.8 Å². The number of nitrogens with zero attached hydrogens (tertiary/aromatic N) is 3. The predicted octanol–water partition coefficient (Wildman–Crippen LogP) is 6.20. The van der Waals surface area contributed by atoms with Gasteiger partial charge in [-0.3, -0.25) is 9.36 Å². The quantitative estimate of drug-likeness (QED) is 0.316. The Labute approximate surface area is 193 Å². The molecule has 0 radical (unpaired) electrons. The van der Waals surface area contributed by atoms with Gasteiger partial charge in [-0.25, -0.2) is 9.37 Å². The van der Waals surface area contributed by atoms with Crippen LogP contribution in [-0.4, -0.2) is 14.1 Å². The lowest BCUT2D eigenvalue weighted by Gasteiger charge is -2.11. The number of fused-ring (bicyclic) bond motifs is 3. The average molecular weight is 466 g/mol. The molecule has 4 nitrogen and oxygen atoms in total. The van der Waals surface area contributed by atoms with Gasteiger partial charge in [0.05, 0.1) is 24.9 Å². The predicted molar refractivity (Wildman–Crippen MR) is 127 cm³/mol. The lowest BCUT2D eigenvalue weighted by atomic mass is 10.1. The van der Waals surface area contributed by atoms with Gasteiger partial charge in [-0.2, -0.15) is 0 Å². The zero-order chi connectivity index (χ0) is 22.4. The van der Waals surface area contributed by atoms with Gasteiger partial charge in [0.2, 0.25) is 0 Å². The summed E-state index contributed by atoms with van der Waals surface area (Å²) in [5.41, 5.74) is 3.74. The minimum Gasteiger partial charge on any atom is -0.330 e. The Morgan fingerprint density at radius 1 is 0.969 bits per heavy atom. The van der Waals surface area contributed by atoms with Crippen LogP contribution in [0, 0.1) is 12.7 Å². The zero-order valence-electron chi connectivity index (χ0n) is 17.1. The molecule has 160 valence electrons. The minimum atomic E-state index is -0.417. The summed E-state index contributed by atoms with van der Waals surface area (Å²) >= 11 is 12.6. The molecule has 2 heterocycles. The molecule has 0 bridgehead atoms. The first-order valence-corrected chi connectivity index (χ1v) is 10.8. The van der Waals surface area contributed by atoms with Crippen molar-refractivity contribution >= 4 is 45.1 Å². The molecular weight excluding hydrogens is 448 g/mol. The van der Waals surface area contributed by atoms with E-state index in [9.17, 15) is 9.18 Å². The van der Waals surface area contributed by atoms with Crippen molar-refractivity contribution < 1.29 is 4.39 Å². The molecule has 0 aliphatic heterocycles. The van der Waals surface area contributed by atoms with Gasteiger partial charge in [-0.1, -0.05) is 59.1 Å². The van der Waals surface area contributed by atoms with E-state index in [0.29, 0.717) is 26.6 Å². The van der Waals surface area contributed by atoms with Crippen molar-refractivity contribution in [2.45, 2.75) is 20.0 Å². The van der Waals surface area contributed by atoms with Crippen molar-refractivity contribution in [2.24, 2.45) is 0 Å². The molecule has 0 atom stereocenters. The summed E-state index contributed by atoms with van der Waals surface area (Å²) in [6.45, 7) is 2.37. The van der Waals surface area contributed by atoms with Crippen LogP contribution in [0.3, 0.4) is 0 Å². The van der Waals surface area contributed by atoms with Crippen LogP contribution in [0.15, 0.2) is 71.8 Å². The maximum absolute atomic E-state index is 14.6. The van der Waals surface area contributed by atoms with Gasteiger partial charge in [0.15, 0.2) is 0 Å². The molecular formula is C25H18Cl2FN3O. The first kappa shape index (κ1) is 20.7. The van der Waals surface area contributed by atoms with Crippen LogP contribution in [0.2, 0.25) is 10.0 Å². The van der Waals surface area contributed by atoms with Crippen molar-refractivity contribution in [3.8, 4) is 0 Å². The summed E-state index contributed by atoms with van der Waals surface area (Å²) in [5, 5.41) is 1.73. The van der Waals surface area contributed by atoms with Gasteiger partial charge in [0, 0.05) is 21.0 Å². The number of hydrogen-bond acceptors (Lipinski definition) is 2. The van der Waals surface area contributed by atoms with Crippen molar-refractivity contribution in [3.63, 3.8) is 0 Å². The number of halogens is 3. The highest BCUT2D eigenvalue weighted by Crippen LogP contribution is 2.29. The molecule has 0 N–H and O–H groups in total. The second-order valence-electron chi connectivity index (χ2n) is 7.77. The van der Waals surface area contributed by atoms with E-state index in [1.807, 2.05) is 43.3 Å². The molecule has 2 aromatic heterocycles. The van der Waals surface area contributed by atoms with Crippen LogP contribution in [0.5, 0.6) is 0 Å². The monoisotopic (exact) mass is 465 g/mol. The molecule has 0 unspecified atom stereocenters. The third-order valence-electron chi connectivity index (χ3n) is 5.66. The molecule has 0 aliphatic carbocycles. The Balaban J connectivity index is 1.77. The van der Waals surface area contributed by atoms with Crippen molar-refractivity contribution in [1.82, 2.24) is 14.1 Å². The largest absolute Gasteiger partial charge is 0.330 e. The molecule has 0 fully saturated rings. The maximum Gasteiger partial charge on any atom is 0.278 e. The second kappa shape index (κ2) is 8.08. The fraction of sp³-hybridized carbons (Fsp3) is 0.120. The third kappa shape index (κ3) is 3.48. The first-order chi connectivity index (χ1) is 15.4. The lowest BCUT2D eigenvalue weighted by Crippen LogP contribution is -2.23. The zero-order valence-corrected chi connectivity index (χ0v) is 18.7. The Morgan fingerprint density at radius 3 is 2.53 bits per heavy atom. The van der Waals surface area contributed by atoms with Gasteiger partial charge < -0.3 is 4.57 Å². The van der Waals surface area contributed by atoms with E-state index in [-0.39, 0.29) is 18.6 Å². The lowest BCUT2D eigenvalue weighted by molar-refractivity contribution is 0.603. The molecule has 0 amide bonds. The van der Waals surface area contributed by atoms with E-state index in [0.717, 1.165) is 22.0 Å². The summed E-state index contributed by atoms with van der Waals surface area (Å²) in [4.78, 5) is 18.2. The molecule has 5 rings (SSSR count). The van der Waals surface area contributed by atoms with Gasteiger partial charge in [-0.15, -0.1) is 0 Å². The van der Waals surface area contributed by atoms with Gasteiger partial charge in [-0.05, 0) is 42.8 Å². The Hall–Kier alpha value is -3.15. The molecule has 5 aromatic rings. The highest BCUT2D eigenvalue weighted by Gasteiger charge is 2.19. The molecule has 7 heteroatoms. The minimum absolute atomic E-state index is 0.113. The van der Waals surface area contributed by atoms with Gasteiger partial charge in [0.25, 0.3) is 5.56 Å². The average Bonchev–Trinajstić information content (AvgIpc) is 3.07. The van der Waals surface area contributed by atoms with E-state index in [1.54, 1.807) is 22.8 Å². The van der Waals surface area contributed by atoms with Crippen LogP contribution in [-0.2, 0) is 13.1 Å². The molecule has 0 saturated heterocycles. The number of aryl methyl sites for hydroxylation is 1. The maximum atomic E-state index is 14.6. The van der Waals surface area contributed by atoms with Crippen molar-refractivity contribution in [3.05, 3.63) is 110 Å². The van der Waals surface area contributed by atoms with Crippen LogP contribution in [0.25, 0.3) is 21.9 Å². The summed E-state index contributed by atoms with van der Waals surface area (Å²) in [5.74, 6) is -0.417. The number of rotatable bonds is 4. The van der Waals surface area contributed by atoms with Crippen molar-refractivity contribution in [2.75, 3.05) is 0 Å². The fourth-order valence-corrected chi connectivity index (χ4v) is 4.46. The molecule has 0 saturated carbocycles. The molecule has 0 aliphatic rings. The number of aromatic nitrogens is 3. The standard InChI is InChI=1S/C25H18Cl2FN3O/c1-15-9-10-22-17(11-15)23-24(31(22)13-18-20(27)7-4-8-21(18)28)25(32)30(14-29-23)12-16-5-2-3-6-19(16)26/h2-11,14H,12-13H2,1H3. The van der Waals surface area contributed by atoms with E-state index >= 15 is 0 Å². The Bertz CT molecular complexity index is 1530. The number of benzene rings is 3. The fourth-order valence-electron chi connectivity index (χ4n) is 4.04. The van der Waals surface area contributed by atoms with Crippen LogP contribution < -0.4 is 5.56 Å². The van der Waals surface area contributed by atoms with Crippen LogP contribution >= 0.6 is 23.2 Å². The highest BCUT2D eigenvalue weighted by atomic mass is 35.5. The Morgan fingerprint density at radius 2 is 1.75 bits per heavy atom. The summed E-state index contributed by atoms with van der Waals surface area (Å²) in [7, 11) is 0. The molecule has 0 spiro atoms. The summed E-state index contributed by atoms with van der Waals surface area (Å²) in [6.07, 6.45) is 1.54. The van der Waals surface area contributed by atoms with E-state index in [4.69, 9.17) is 23.2 Å². The van der Waals surface area contributed by atoms with Crippen molar-refractivity contribution in [1.29, 1.82) is 0 Å². The first-order valence-electron chi connectivity index (χ1n) is 10.1. The van der Waals surface area contributed by atoms with E-state index in [1.165, 1.54) is 17.0 Å². The smallest absolute Gasteiger partial charge is 0.278 e.